The van der Waals surface area contributed by atoms with E-state index in [1.807, 2.05) is 24.3 Å². The van der Waals surface area contributed by atoms with Crippen LogP contribution in [0, 0.1) is 0 Å². The Bertz CT molecular complexity index is 1110. The number of carbonyl (C=O) groups is 1. The molecule has 0 heterocycles. The molecule has 0 radical (unpaired) electrons. The lowest BCUT2D eigenvalue weighted by molar-refractivity contribution is -0.0328. The van der Waals surface area contributed by atoms with Crippen molar-refractivity contribution in [2.75, 3.05) is 13.2 Å². The second-order valence-corrected chi connectivity index (χ2v) is 8.70. The van der Waals surface area contributed by atoms with Crippen LogP contribution in [0.25, 0.3) is 17.2 Å². The molecule has 0 saturated heterocycles. The first-order chi connectivity index (χ1) is 15.9. The van der Waals surface area contributed by atoms with Gasteiger partial charge < -0.3 is 10.1 Å². The van der Waals surface area contributed by atoms with Gasteiger partial charge in [0.15, 0.2) is 0 Å². The Morgan fingerprint density at radius 3 is 2.30 bits per heavy atom. The number of thioether (sulfide) groups is 1. The molecule has 3 nitrogen and oxygen atoms in total. The summed E-state index contributed by atoms with van der Waals surface area (Å²) in [6.07, 6.45) is 3.58. The van der Waals surface area contributed by atoms with Crippen molar-refractivity contribution in [1.82, 2.24) is 5.32 Å². The molecule has 1 aliphatic rings. The van der Waals surface area contributed by atoms with E-state index in [2.05, 4.69) is 29.6 Å². The molecule has 0 aromatic heterocycles. The summed E-state index contributed by atoms with van der Waals surface area (Å²) >= 11 is -0.138. The highest BCUT2D eigenvalue weighted by Gasteiger charge is 2.29. The molecule has 0 atom stereocenters. The fourth-order valence-electron chi connectivity index (χ4n) is 3.94. The number of nitrogens with one attached hydrogen (secondary N) is 1. The highest BCUT2D eigenvalue weighted by atomic mass is 32.2. The zero-order chi connectivity index (χ0) is 23.3. The minimum absolute atomic E-state index is 0.00453. The van der Waals surface area contributed by atoms with Gasteiger partial charge in [-0.05, 0) is 58.1 Å². The highest BCUT2D eigenvalue weighted by molar-refractivity contribution is 8.00. The first-order valence-electron chi connectivity index (χ1n) is 10.5. The molecule has 1 N–H and O–H groups in total. The molecule has 0 unspecified atom stereocenters. The van der Waals surface area contributed by atoms with Gasteiger partial charge in [-0.3, -0.25) is 0 Å². The summed E-state index contributed by atoms with van der Waals surface area (Å²) in [7, 11) is 0. The quantitative estimate of drug-likeness (QED) is 0.293. The summed E-state index contributed by atoms with van der Waals surface area (Å²) in [5.41, 5.74) is 1.01. The van der Waals surface area contributed by atoms with Gasteiger partial charge >= 0.3 is 11.6 Å². The predicted octanol–water partition coefficient (Wildman–Crippen LogP) is 7.24. The maximum Gasteiger partial charge on any atom is 0.446 e. The zero-order valence-electron chi connectivity index (χ0n) is 17.6. The zero-order valence-corrected chi connectivity index (χ0v) is 18.5. The minimum Gasteiger partial charge on any atom is -0.449 e. The van der Waals surface area contributed by atoms with Crippen LogP contribution in [0.4, 0.5) is 18.0 Å². The van der Waals surface area contributed by atoms with Crippen molar-refractivity contribution >= 4 is 23.9 Å². The number of carbonyl (C=O) groups excluding carboxylic acids is 1. The number of hydrogen-bond donors (Lipinski definition) is 1. The summed E-state index contributed by atoms with van der Waals surface area (Å²) < 4.78 is 43.0. The van der Waals surface area contributed by atoms with Gasteiger partial charge in [-0.15, -0.1) is 0 Å². The molecular weight excluding hydrogens is 447 g/mol. The van der Waals surface area contributed by atoms with Crippen LogP contribution < -0.4 is 5.32 Å². The van der Waals surface area contributed by atoms with Crippen LogP contribution in [0.3, 0.4) is 0 Å². The maximum atomic E-state index is 12.5. The van der Waals surface area contributed by atoms with Crippen LogP contribution in [0.2, 0.25) is 0 Å². The second-order valence-electron chi connectivity index (χ2n) is 7.56. The molecule has 0 aliphatic heterocycles. The number of amides is 1. The van der Waals surface area contributed by atoms with Crippen molar-refractivity contribution in [1.29, 1.82) is 0 Å². The monoisotopic (exact) mass is 469 g/mol. The Hall–Kier alpha value is -3.19. The first kappa shape index (κ1) is 23.0. The van der Waals surface area contributed by atoms with Gasteiger partial charge in [0.25, 0.3) is 0 Å². The Balaban J connectivity index is 1.25. The third-order valence-electron chi connectivity index (χ3n) is 5.33. The first-order valence-corrected chi connectivity index (χ1v) is 11.3. The average molecular weight is 470 g/mol. The van der Waals surface area contributed by atoms with Crippen molar-refractivity contribution in [3.8, 4) is 11.1 Å². The lowest BCUT2D eigenvalue weighted by atomic mass is 9.98. The van der Waals surface area contributed by atoms with E-state index < -0.39 is 11.6 Å². The van der Waals surface area contributed by atoms with Crippen LogP contribution >= 0.6 is 11.8 Å². The molecule has 3 aromatic carbocycles. The van der Waals surface area contributed by atoms with Crippen LogP contribution in [0.5, 0.6) is 0 Å². The molecule has 7 heteroatoms. The molecule has 0 fully saturated rings. The summed E-state index contributed by atoms with van der Waals surface area (Å²) in [4.78, 5) is 12.3. The fourth-order valence-corrected chi connectivity index (χ4v) is 4.55. The smallest absolute Gasteiger partial charge is 0.446 e. The Kier molecular flexibility index (Phi) is 7.08. The lowest BCUT2D eigenvalue weighted by Crippen LogP contribution is -2.26. The van der Waals surface area contributed by atoms with Crippen molar-refractivity contribution < 1.29 is 22.7 Å². The fraction of sp³-hybridized carbons (Fsp3) is 0.192. The molecule has 1 aliphatic carbocycles. The van der Waals surface area contributed by atoms with E-state index in [0.29, 0.717) is 18.5 Å². The SMILES string of the molecule is O=C(NCCC=Cc1cccc(SC(F)(F)F)c1)OCC1c2ccccc2-c2ccccc21. The van der Waals surface area contributed by atoms with Crippen molar-refractivity contribution in [2.24, 2.45) is 0 Å². The number of hydrogen-bond acceptors (Lipinski definition) is 3. The lowest BCUT2D eigenvalue weighted by Gasteiger charge is -2.14. The summed E-state index contributed by atoms with van der Waals surface area (Å²) in [6, 6.07) is 22.5. The van der Waals surface area contributed by atoms with Gasteiger partial charge in [0.2, 0.25) is 0 Å². The number of rotatable bonds is 7. The Morgan fingerprint density at radius 2 is 1.64 bits per heavy atom. The maximum absolute atomic E-state index is 12.5. The molecule has 0 spiro atoms. The van der Waals surface area contributed by atoms with Gasteiger partial charge in [0.05, 0.1) is 0 Å². The Labute approximate surface area is 194 Å². The minimum atomic E-state index is -4.31. The van der Waals surface area contributed by atoms with E-state index in [1.54, 1.807) is 24.3 Å². The number of fused-ring (bicyclic) bond motifs is 3. The summed E-state index contributed by atoms with van der Waals surface area (Å²) in [5, 5.41) is 2.72. The highest BCUT2D eigenvalue weighted by Crippen LogP contribution is 2.44. The summed E-state index contributed by atoms with van der Waals surface area (Å²) in [6.45, 7) is 0.615. The van der Waals surface area contributed by atoms with Crippen molar-refractivity contribution in [3.63, 3.8) is 0 Å². The van der Waals surface area contributed by atoms with E-state index in [4.69, 9.17) is 4.74 Å². The molecule has 3 aromatic rings. The third-order valence-corrected chi connectivity index (χ3v) is 6.05. The largest absolute Gasteiger partial charge is 0.449 e. The topological polar surface area (TPSA) is 38.3 Å². The van der Waals surface area contributed by atoms with Gasteiger partial charge in [-0.2, -0.15) is 13.2 Å². The summed E-state index contributed by atoms with van der Waals surface area (Å²) in [5.74, 6) is 0.00453. The van der Waals surface area contributed by atoms with Crippen LogP contribution in [-0.2, 0) is 4.74 Å². The van der Waals surface area contributed by atoms with Crippen LogP contribution in [0.1, 0.15) is 29.0 Å². The third kappa shape index (κ3) is 5.99. The van der Waals surface area contributed by atoms with E-state index >= 15 is 0 Å². The number of alkyl halides is 3. The molecule has 4 rings (SSSR count). The van der Waals surface area contributed by atoms with Gasteiger partial charge in [-0.25, -0.2) is 4.79 Å². The van der Waals surface area contributed by atoms with E-state index in [9.17, 15) is 18.0 Å². The number of benzene rings is 3. The van der Waals surface area contributed by atoms with Gasteiger partial charge in [0.1, 0.15) is 6.61 Å². The molecule has 170 valence electrons. The molecule has 0 saturated carbocycles. The second kappa shape index (κ2) is 10.2. The number of halogens is 3. The van der Waals surface area contributed by atoms with E-state index in [1.165, 1.54) is 23.3 Å². The molecule has 0 bridgehead atoms. The number of ether oxygens (including phenoxy) is 1. The van der Waals surface area contributed by atoms with Crippen LogP contribution in [-0.4, -0.2) is 24.8 Å². The standard InChI is InChI=1S/C26H22F3NO2S/c27-26(28,29)33-19-10-7-9-18(16-19)8-5-6-15-30-25(31)32-17-24-22-13-3-1-11-20(22)21-12-2-4-14-23(21)24/h1-5,7-14,16,24H,6,15,17H2,(H,30,31). The van der Waals surface area contributed by atoms with E-state index in [-0.39, 0.29) is 29.2 Å². The predicted molar refractivity (Wildman–Crippen MR) is 125 cm³/mol. The van der Waals surface area contributed by atoms with Gasteiger partial charge in [0, 0.05) is 17.4 Å². The van der Waals surface area contributed by atoms with Crippen molar-refractivity contribution in [2.45, 2.75) is 22.7 Å². The molecule has 1 amide bonds. The van der Waals surface area contributed by atoms with E-state index in [0.717, 1.165) is 11.1 Å². The van der Waals surface area contributed by atoms with Crippen molar-refractivity contribution in [3.05, 3.63) is 95.6 Å². The normalized spacial score (nSPS) is 13.1. The Morgan fingerprint density at radius 1 is 0.970 bits per heavy atom. The number of alkyl carbamates (subject to hydrolysis) is 1. The average Bonchev–Trinajstić information content (AvgIpc) is 3.10. The molecule has 33 heavy (non-hydrogen) atoms. The molecular formula is C26H22F3NO2S. The van der Waals surface area contributed by atoms with Crippen LogP contribution in [0.15, 0.2) is 83.8 Å². The van der Waals surface area contributed by atoms with Gasteiger partial charge in [-0.1, -0.05) is 72.8 Å².